The van der Waals surface area contributed by atoms with Gasteiger partial charge in [-0.25, -0.2) is 19.2 Å². The zero-order valence-corrected chi connectivity index (χ0v) is 15.6. The first-order chi connectivity index (χ1) is 12.9. The van der Waals surface area contributed by atoms with Gasteiger partial charge in [0.15, 0.2) is 11.5 Å². The molecule has 2 heterocycles. The number of halogens is 4. The minimum atomic E-state index is -4.67. The number of ether oxygens (including phenoxy) is 1. The Morgan fingerprint density at radius 3 is 2.32 bits per heavy atom. The Bertz CT molecular complexity index is 890. The third-order valence-corrected chi connectivity index (χ3v) is 4.09. The maximum atomic E-state index is 13.6. The highest BCUT2D eigenvalue weighted by molar-refractivity contribution is 5.68. The predicted octanol–water partition coefficient (Wildman–Crippen LogP) is 4.59. The summed E-state index contributed by atoms with van der Waals surface area (Å²) in [6.07, 6.45) is -5.32. The van der Waals surface area contributed by atoms with Crippen LogP contribution >= 0.6 is 0 Å². The molecule has 1 aromatic heterocycles. The van der Waals surface area contributed by atoms with Crippen molar-refractivity contribution < 1.29 is 27.1 Å². The first kappa shape index (κ1) is 20.0. The van der Waals surface area contributed by atoms with Gasteiger partial charge in [-0.1, -0.05) is 0 Å². The molecule has 0 spiro atoms. The SMILES string of the molecule is CC(C)(C)OC(=O)N1CCc2c(nc(-c3ccc(F)cc3)nc2C(F)(F)F)C1. The van der Waals surface area contributed by atoms with E-state index in [2.05, 4.69) is 9.97 Å². The van der Waals surface area contributed by atoms with E-state index >= 15 is 0 Å². The van der Waals surface area contributed by atoms with Crippen LogP contribution in [0.15, 0.2) is 24.3 Å². The van der Waals surface area contributed by atoms with Crippen molar-refractivity contribution in [1.82, 2.24) is 14.9 Å². The minimum absolute atomic E-state index is 0.0295. The highest BCUT2D eigenvalue weighted by Crippen LogP contribution is 2.35. The normalized spacial score (nSPS) is 14.6. The minimum Gasteiger partial charge on any atom is -0.444 e. The smallest absolute Gasteiger partial charge is 0.433 e. The first-order valence-corrected chi connectivity index (χ1v) is 8.65. The molecule has 28 heavy (non-hydrogen) atoms. The van der Waals surface area contributed by atoms with E-state index in [9.17, 15) is 22.4 Å². The van der Waals surface area contributed by atoms with Crippen LogP contribution < -0.4 is 0 Å². The third-order valence-electron chi connectivity index (χ3n) is 4.09. The van der Waals surface area contributed by atoms with Crippen LogP contribution in [0.1, 0.15) is 37.7 Å². The van der Waals surface area contributed by atoms with E-state index in [1.54, 1.807) is 20.8 Å². The van der Waals surface area contributed by atoms with Gasteiger partial charge in [0.05, 0.1) is 12.2 Å². The molecule has 0 aliphatic carbocycles. The van der Waals surface area contributed by atoms with E-state index in [-0.39, 0.29) is 42.2 Å². The monoisotopic (exact) mass is 397 g/mol. The molecule has 5 nitrogen and oxygen atoms in total. The van der Waals surface area contributed by atoms with Gasteiger partial charge in [0.1, 0.15) is 11.4 Å². The first-order valence-electron chi connectivity index (χ1n) is 8.65. The van der Waals surface area contributed by atoms with E-state index in [0.29, 0.717) is 0 Å². The van der Waals surface area contributed by atoms with Gasteiger partial charge < -0.3 is 9.64 Å². The Labute approximate surface area is 159 Å². The van der Waals surface area contributed by atoms with Crippen LogP contribution in [-0.2, 0) is 23.9 Å². The maximum Gasteiger partial charge on any atom is 0.433 e. The average molecular weight is 397 g/mol. The van der Waals surface area contributed by atoms with Gasteiger partial charge in [-0.15, -0.1) is 0 Å². The lowest BCUT2D eigenvalue weighted by molar-refractivity contribution is -0.142. The van der Waals surface area contributed by atoms with Gasteiger partial charge in [-0.3, -0.25) is 0 Å². The van der Waals surface area contributed by atoms with Crippen LogP contribution in [0.5, 0.6) is 0 Å². The van der Waals surface area contributed by atoms with Crippen molar-refractivity contribution >= 4 is 6.09 Å². The number of benzene rings is 1. The van der Waals surface area contributed by atoms with Crippen LogP contribution in [0.2, 0.25) is 0 Å². The quantitative estimate of drug-likeness (QED) is 0.661. The Morgan fingerprint density at radius 1 is 1.11 bits per heavy atom. The number of hydrogen-bond donors (Lipinski definition) is 0. The van der Waals surface area contributed by atoms with Gasteiger partial charge in [0.2, 0.25) is 0 Å². The largest absolute Gasteiger partial charge is 0.444 e. The van der Waals surface area contributed by atoms with E-state index in [1.807, 2.05) is 0 Å². The number of alkyl halides is 3. The van der Waals surface area contributed by atoms with E-state index < -0.39 is 29.4 Å². The van der Waals surface area contributed by atoms with Crippen LogP contribution in [0, 0.1) is 5.82 Å². The van der Waals surface area contributed by atoms with Gasteiger partial charge in [-0.2, -0.15) is 13.2 Å². The van der Waals surface area contributed by atoms with Crippen molar-refractivity contribution in [2.24, 2.45) is 0 Å². The molecule has 0 radical (unpaired) electrons. The second-order valence-corrected chi connectivity index (χ2v) is 7.48. The molecule has 1 amide bonds. The summed E-state index contributed by atoms with van der Waals surface area (Å²) < 4.78 is 59.1. The Hall–Kier alpha value is -2.71. The van der Waals surface area contributed by atoms with Gasteiger partial charge >= 0.3 is 12.3 Å². The summed E-state index contributed by atoms with van der Waals surface area (Å²) in [5, 5.41) is 0. The van der Waals surface area contributed by atoms with Crippen LogP contribution in [-0.4, -0.2) is 33.1 Å². The number of carbonyl (C=O) groups excluding carboxylic acids is 1. The second-order valence-electron chi connectivity index (χ2n) is 7.48. The second kappa shape index (κ2) is 7.03. The maximum absolute atomic E-state index is 13.6. The summed E-state index contributed by atoms with van der Waals surface area (Å²) in [5.41, 5.74) is -1.42. The molecule has 2 aromatic rings. The Morgan fingerprint density at radius 2 is 1.75 bits per heavy atom. The Balaban J connectivity index is 2.01. The summed E-state index contributed by atoms with van der Waals surface area (Å²) in [4.78, 5) is 21.5. The topological polar surface area (TPSA) is 55.3 Å². The van der Waals surface area contributed by atoms with E-state index in [1.165, 1.54) is 17.0 Å². The molecular weight excluding hydrogens is 378 g/mol. The molecule has 0 unspecified atom stereocenters. The van der Waals surface area contributed by atoms with Crippen LogP contribution in [0.3, 0.4) is 0 Å². The van der Waals surface area contributed by atoms with Crippen molar-refractivity contribution in [3.05, 3.63) is 47.0 Å². The van der Waals surface area contributed by atoms with Crippen LogP contribution in [0.25, 0.3) is 11.4 Å². The summed E-state index contributed by atoms with van der Waals surface area (Å²) in [6, 6.07) is 4.87. The van der Waals surface area contributed by atoms with Crippen molar-refractivity contribution in [3.63, 3.8) is 0 Å². The third kappa shape index (κ3) is 4.40. The van der Waals surface area contributed by atoms with Gasteiger partial charge in [0, 0.05) is 17.7 Å². The predicted molar refractivity (Wildman–Crippen MR) is 92.8 cm³/mol. The van der Waals surface area contributed by atoms with Crippen molar-refractivity contribution in [2.75, 3.05) is 6.54 Å². The summed E-state index contributed by atoms with van der Waals surface area (Å²) in [6.45, 7) is 5.08. The molecule has 0 saturated carbocycles. The molecule has 3 rings (SSSR count). The molecule has 9 heteroatoms. The lowest BCUT2D eigenvalue weighted by Gasteiger charge is -2.31. The fourth-order valence-electron chi connectivity index (χ4n) is 2.88. The van der Waals surface area contributed by atoms with Crippen molar-refractivity contribution in [1.29, 1.82) is 0 Å². The molecule has 0 atom stereocenters. The van der Waals surface area contributed by atoms with E-state index in [4.69, 9.17) is 4.74 Å². The summed E-state index contributed by atoms with van der Waals surface area (Å²) in [5.74, 6) is -0.689. The zero-order chi connectivity index (χ0) is 20.7. The van der Waals surface area contributed by atoms with Crippen LogP contribution in [0.4, 0.5) is 22.4 Å². The molecule has 150 valence electrons. The van der Waals surface area contributed by atoms with Gasteiger partial charge in [-0.05, 0) is 51.5 Å². The molecular formula is C19H19F4N3O2. The van der Waals surface area contributed by atoms with Crippen molar-refractivity contribution in [3.8, 4) is 11.4 Å². The standard InChI is InChI=1S/C19H19F4N3O2/c1-18(2,3)28-17(27)26-9-8-13-14(10-26)24-16(25-15(13)19(21,22)23)11-4-6-12(20)7-5-11/h4-7H,8-10H2,1-3H3. The Kier molecular flexibility index (Phi) is 5.03. The summed E-state index contributed by atoms with van der Waals surface area (Å²) >= 11 is 0. The fourth-order valence-corrected chi connectivity index (χ4v) is 2.88. The highest BCUT2D eigenvalue weighted by atomic mass is 19.4. The van der Waals surface area contributed by atoms with Gasteiger partial charge in [0.25, 0.3) is 0 Å². The van der Waals surface area contributed by atoms with E-state index in [0.717, 1.165) is 12.1 Å². The zero-order valence-electron chi connectivity index (χ0n) is 15.6. The number of amides is 1. The number of aromatic nitrogens is 2. The fraction of sp³-hybridized carbons (Fsp3) is 0.421. The number of fused-ring (bicyclic) bond motifs is 1. The lowest BCUT2D eigenvalue weighted by Crippen LogP contribution is -2.41. The molecule has 1 aromatic carbocycles. The lowest BCUT2D eigenvalue weighted by atomic mass is 10.0. The number of hydrogen-bond acceptors (Lipinski definition) is 4. The molecule has 1 aliphatic rings. The number of carbonyl (C=O) groups is 1. The highest BCUT2D eigenvalue weighted by Gasteiger charge is 2.39. The molecule has 0 bridgehead atoms. The molecule has 0 N–H and O–H groups in total. The number of rotatable bonds is 1. The number of nitrogens with zero attached hydrogens (tertiary/aromatic N) is 3. The summed E-state index contributed by atoms with van der Waals surface area (Å²) in [7, 11) is 0. The average Bonchev–Trinajstić information content (AvgIpc) is 2.58. The molecule has 1 aliphatic heterocycles. The molecule has 0 saturated heterocycles. The molecule has 0 fully saturated rings. The van der Waals surface area contributed by atoms with Crippen molar-refractivity contribution in [2.45, 2.75) is 45.5 Å².